The average Bonchev–Trinajstić information content (AvgIpc) is 2.24. The van der Waals surface area contributed by atoms with E-state index in [0.29, 0.717) is 0 Å². The predicted octanol–water partition coefficient (Wildman–Crippen LogP) is 3.31. The molecule has 0 atom stereocenters. The lowest BCUT2D eigenvalue weighted by molar-refractivity contribution is 0.446. The van der Waals surface area contributed by atoms with Gasteiger partial charge in [0.1, 0.15) is 0 Å². The number of benzene rings is 1. The molecule has 0 radical (unpaired) electrons. The summed E-state index contributed by atoms with van der Waals surface area (Å²) >= 11 is 0. The summed E-state index contributed by atoms with van der Waals surface area (Å²) in [6.07, 6.45) is 8.90. The minimum absolute atomic E-state index is 1.14. The van der Waals surface area contributed by atoms with E-state index in [1.165, 1.54) is 24.0 Å². The van der Waals surface area contributed by atoms with Gasteiger partial charge in [-0.05, 0) is 36.3 Å². The monoisotopic (exact) mass is 199 g/mol. The SMILES string of the molecule is CN1/C=C\C=C(c2ccccc2)CCC1. The van der Waals surface area contributed by atoms with Crippen molar-refractivity contribution in [1.29, 1.82) is 0 Å². The van der Waals surface area contributed by atoms with Gasteiger partial charge >= 0.3 is 0 Å². The van der Waals surface area contributed by atoms with Crippen molar-refractivity contribution in [3.63, 3.8) is 0 Å². The number of hydrogen-bond acceptors (Lipinski definition) is 1. The maximum Gasteiger partial charge on any atom is 0.0172 e. The quantitative estimate of drug-likeness (QED) is 0.670. The van der Waals surface area contributed by atoms with E-state index >= 15 is 0 Å². The predicted molar refractivity (Wildman–Crippen MR) is 65.4 cm³/mol. The Morgan fingerprint density at radius 2 is 1.93 bits per heavy atom. The van der Waals surface area contributed by atoms with Gasteiger partial charge in [0.05, 0.1) is 0 Å². The highest BCUT2D eigenvalue weighted by molar-refractivity contribution is 5.67. The van der Waals surface area contributed by atoms with Crippen molar-refractivity contribution in [2.45, 2.75) is 12.8 Å². The average molecular weight is 199 g/mol. The highest BCUT2D eigenvalue weighted by atomic mass is 15.1. The van der Waals surface area contributed by atoms with Crippen LogP contribution in [0.5, 0.6) is 0 Å². The third kappa shape index (κ3) is 2.72. The van der Waals surface area contributed by atoms with Crippen molar-refractivity contribution in [3.05, 3.63) is 54.2 Å². The lowest BCUT2D eigenvalue weighted by Crippen LogP contribution is -2.12. The van der Waals surface area contributed by atoms with Crippen molar-refractivity contribution in [1.82, 2.24) is 4.90 Å². The second-order valence-corrected chi connectivity index (χ2v) is 3.98. The van der Waals surface area contributed by atoms with Crippen LogP contribution in [0.2, 0.25) is 0 Å². The lowest BCUT2D eigenvalue weighted by atomic mass is 10.00. The molecule has 1 aromatic carbocycles. The number of allylic oxidation sites excluding steroid dienone is 3. The van der Waals surface area contributed by atoms with Crippen molar-refractivity contribution < 1.29 is 0 Å². The van der Waals surface area contributed by atoms with Crippen molar-refractivity contribution in [2.75, 3.05) is 13.6 Å². The van der Waals surface area contributed by atoms with Gasteiger partial charge in [-0.15, -0.1) is 0 Å². The number of hydrogen-bond donors (Lipinski definition) is 0. The van der Waals surface area contributed by atoms with Crippen LogP contribution in [0.15, 0.2) is 48.7 Å². The molecule has 0 bridgehead atoms. The fourth-order valence-electron chi connectivity index (χ4n) is 1.88. The van der Waals surface area contributed by atoms with Crippen LogP contribution >= 0.6 is 0 Å². The third-order valence-corrected chi connectivity index (χ3v) is 2.74. The van der Waals surface area contributed by atoms with Crippen molar-refractivity contribution in [2.24, 2.45) is 0 Å². The molecule has 1 nitrogen and oxygen atoms in total. The molecule has 1 aliphatic rings. The highest BCUT2D eigenvalue weighted by Crippen LogP contribution is 2.21. The molecule has 1 heteroatoms. The zero-order valence-corrected chi connectivity index (χ0v) is 9.19. The van der Waals surface area contributed by atoms with Gasteiger partial charge in [-0.1, -0.05) is 36.4 Å². The molecule has 0 fully saturated rings. The van der Waals surface area contributed by atoms with Gasteiger partial charge in [0.15, 0.2) is 0 Å². The first-order chi connectivity index (χ1) is 7.36. The molecule has 0 aliphatic carbocycles. The Morgan fingerprint density at radius 3 is 2.73 bits per heavy atom. The molecule has 1 aromatic rings. The summed E-state index contributed by atoms with van der Waals surface area (Å²) in [5.41, 5.74) is 2.80. The Morgan fingerprint density at radius 1 is 1.13 bits per heavy atom. The number of nitrogens with zero attached hydrogens (tertiary/aromatic N) is 1. The molecule has 0 unspecified atom stereocenters. The lowest BCUT2D eigenvalue weighted by Gasteiger charge is -2.16. The molecule has 0 amide bonds. The summed E-state index contributed by atoms with van der Waals surface area (Å²) in [4.78, 5) is 2.23. The van der Waals surface area contributed by atoms with Crippen LogP contribution in [-0.2, 0) is 0 Å². The minimum Gasteiger partial charge on any atom is -0.380 e. The molecule has 2 rings (SSSR count). The largest absolute Gasteiger partial charge is 0.380 e. The smallest absolute Gasteiger partial charge is 0.0172 e. The fourth-order valence-corrected chi connectivity index (χ4v) is 1.88. The molecule has 1 aliphatic heterocycles. The van der Waals surface area contributed by atoms with Crippen LogP contribution in [0, 0.1) is 0 Å². The van der Waals surface area contributed by atoms with Crippen LogP contribution in [0.1, 0.15) is 18.4 Å². The molecule has 15 heavy (non-hydrogen) atoms. The molecule has 0 saturated heterocycles. The summed E-state index contributed by atoms with van der Waals surface area (Å²) in [5, 5.41) is 0. The van der Waals surface area contributed by atoms with E-state index < -0.39 is 0 Å². The normalized spacial score (nSPS) is 19.0. The standard InChI is InChI=1S/C14H17N/c1-15-11-5-9-14(10-6-12-15)13-7-3-2-4-8-13/h2-5,7-9,11H,6,10,12H2,1H3/b11-5-,14-9?. The van der Waals surface area contributed by atoms with Gasteiger partial charge in [0.25, 0.3) is 0 Å². The van der Waals surface area contributed by atoms with E-state index in [2.05, 4.69) is 60.6 Å². The molecular weight excluding hydrogens is 182 g/mol. The Bertz CT molecular complexity index is 362. The van der Waals surface area contributed by atoms with Gasteiger partial charge in [-0.25, -0.2) is 0 Å². The second-order valence-electron chi connectivity index (χ2n) is 3.98. The zero-order valence-electron chi connectivity index (χ0n) is 9.19. The topological polar surface area (TPSA) is 3.24 Å². The Labute approximate surface area is 91.7 Å². The molecule has 0 aromatic heterocycles. The molecular formula is C14H17N. The zero-order chi connectivity index (χ0) is 10.5. The first-order valence-corrected chi connectivity index (χ1v) is 5.49. The maximum atomic E-state index is 2.23. The molecule has 0 N–H and O–H groups in total. The summed E-state index contributed by atoms with van der Waals surface area (Å²) < 4.78 is 0. The summed E-state index contributed by atoms with van der Waals surface area (Å²) in [5.74, 6) is 0. The van der Waals surface area contributed by atoms with E-state index in [1.807, 2.05) is 0 Å². The summed E-state index contributed by atoms with van der Waals surface area (Å²) in [6, 6.07) is 10.6. The molecule has 0 saturated carbocycles. The van der Waals surface area contributed by atoms with E-state index in [1.54, 1.807) is 0 Å². The van der Waals surface area contributed by atoms with Gasteiger partial charge in [-0.2, -0.15) is 0 Å². The van der Waals surface area contributed by atoms with E-state index in [4.69, 9.17) is 0 Å². The third-order valence-electron chi connectivity index (χ3n) is 2.74. The van der Waals surface area contributed by atoms with Crippen LogP contribution in [0.3, 0.4) is 0 Å². The second kappa shape index (κ2) is 4.83. The molecule has 0 spiro atoms. The summed E-state index contributed by atoms with van der Waals surface area (Å²) in [7, 11) is 2.12. The van der Waals surface area contributed by atoms with Gasteiger partial charge in [0.2, 0.25) is 0 Å². The van der Waals surface area contributed by atoms with Crippen LogP contribution in [0.25, 0.3) is 5.57 Å². The first-order valence-electron chi connectivity index (χ1n) is 5.49. The maximum absolute atomic E-state index is 2.23. The van der Waals surface area contributed by atoms with E-state index in [-0.39, 0.29) is 0 Å². The van der Waals surface area contributed by atoms with Crippen LogP contribution in [0.4, 0.5) is 0 Å². The fraction of sp³-hybridized carbons (Fsp3) is 0.286. The van der Waals surface area contributed by atoms with Gasteiger partial charge in [-0.3, -0.25) is 0 Å². The first kappa shape index (κ1) is 10.0. The Hall–Kier alpha value is -1.50. The van der Waals surface area contributed by atoms with Crippen LogP contribution < -0.4 is 0 Å². The number of rotatable bonds is 1. The van der Waals surface area contributed by atoms with Gasteiger partial charge < -0.3 is 4.90 Å². The summed E-state index contributed by atoms with van der Waals surface area (Å²) in [6.45, 7) is 1.14. The van der Waals surface area contributed by atoms with E-state index in [9.17, 15) is 0 Å². The van der Waals surface area contributed by atoms with Crippen molar-refractivity contribution >= 4 is 5.57 Å². The van der Waals surface area contributed by atoms with E-state index in [0.717, 1.165) is 6.54 Å². The van der Waals surface area contributed by atoms with Crippen LogP contribution in [-0.4, -0.2) is 18.5 Å². The van der Waals surface area contributed by atoms with Crippen molar-refractivity contribution in [3.8, 4) is 0 Å². The molecule has 1 heterocycles. The minimum atomic E-state index is 1.14. The molecule has 78 valence electrons. The Kier molecular flexibility index (Phi) is 3.23. The van der Waals surface area contributed by atoms with Gasteiger partial charge in [0, 0.05) is 13.6 Å². The highest BCUT2D eigenvalue weighted by Gasteiger charge is 2.02. The Balaban J connectivity index is 2.21.